The molecule has 1 atom stereocenters. The fourth-order valence-electron chi connectivity index (χ4n) is 4.13. The smallest absolute Gasteiger partial charge is 0.244 e. The molecule has 0 unspecified atom stereocenters. The van der Waals surface area contributed by atoms with Crippen LogP contribution in [0.2, 0.25) is 0 Å². The maximum absolute atomic E-state index is 14.0. The first kappa shape index (κ1) is 31.2. The topological polar surface area (TPSA) is 96.0 Å². The number of hydrogen-bond acceptors (Lipinski definition) is 5. The van der Waals surface area contributed by atoms with Crippen LogP contribution in [-0.4, -0.2) is 57.6 Å². The SMILES string of the molecule is COc1ccc(N(CC(=O)N(Cc2ccc(Br)cc2)[C@@H](Cc2ccccc2)C(=O)NCC(C)C)S(C)(=O)=O)cc1. The Kier molecular flexibility index (Phi) is 11.2. The predicted molar refractivity (Wildman–Crippen MR) is 162 cm³/mol. The van der Waals surface area contributed by atoms with Gasteiger partial charge in [-0.1, -0.05) is 72.2 Å². The van der Waals surface area contributed by atoms with Crippen LogP contribution in [0.3, 0.4) is 0 Å². The molecule has 0 saturated carbocycles. The molecule has 0 radical (unpaired) electrons. The van der Waals surface area contributed by atoms with Crippen molar-refractivity contribution in [2.24, 2.45) is 5.92 Å². The molecule has 3 aromatic rings. The highest BCUT2D eigenvalue weighted by Crippen LogP contribution is 2.23. The van der Waals surface area contributed by atoms with Crippen LogP contribution in [0, 0.1) is 5.92 Å². The fraction of sp³-hybridized carbons (Fsp3) is 0.333. The number of benzene rings is 3. The van der Waals surface area contributed by atoms with E-state index in [1.807, 2.05) is 68.4 Å². The number of halogens is 1. The average molecular weight is 631 g/mol. The van der Waals surface area contributed by atoms with Gasteiger partial charge >= 0.3 is 0 Å². The lowest BCUT2D eigenvalue weighted by molar-refractivity contribution is -0.140. The number of sulfonamides is 1. The molecule has 0 aromatic heterocycles. The maximum Gasteiger partial charge on any atom is 0.244 e. The number of hydrogen-bond donors (Lipinski definition) is 1. The number of amides is 2. The van der Waals surface area contributed by atoms with E-state index in [-0.39, 0.29) is 24.8 Å². The Bertz CT molecular complexity index is 1360. The first-order chi connectivity index (χ1) is 19.0. The molecule has 214 valence electrons. The molecule has 3 rings (SSSR count). The molecule has 1 N–H and O–H groups in total. The van der Waals surface area contributed by atoms with Crippen molar-refractivity contribution in [2.75, 3.05) is 30.8 Å². The van der Waals surface area contributed by atoms with Crippen molar-refractivity contribution >= 4 is 43.5 Å². The molecule has 0 aliphatic carbocycles. The van der Waals surface area contributed by atoms with Gasteiger partial charge < -0.3 is 15.0 Å². The lowest BCUT2D eigenvalue weighted by Crippen LogP contribution is -2.53. The van der Waals surface area contributed by atoms with Crippen LogP contribution in [0.5, 0.6) is 5.75 Å². The standard InChI is InChI=1S/C30H36BrN3O5S/c1-22(2)19-32-30(36)28(18-23-8-6-5-7-9-23)33(20-24-10-12-25(31)13-11-24)29(35)21-34(40(4,37)38)26-14-16-27(39-3)17-15-26/h5-17,22,28H,18-21H2,1-4H3,(H,32,36)/t28-/m0/s1. The summed E-state index contributed by atoms with van der Waals surface area (Å²) in [5, 5.41) is 2.97. The summed E-state index contributed by atoms with van der Waals surface area (Å²) in [7, 11) is -2.31. The summed E-state index contributed by atoms with van der Waals surface area (Å²) in [5.41, 5.74) is 2.02. The Morgan fingerprint density at radius 1 is 0.925 bits per heavy atom. The lowest BCUT2D eigenvalue weighted by atomic mass is 10.0. The second-order valence-corrected chi connectivity index (χ2v) is 12.8. The summed E-state index contributed by atoms with van der Waals surface area (Å²) >= 11 is 3.43. The van der Waals surface area contributed by atoms with Crippen LogP contribution in [0.25, 0.3) is 0 Å². The molecular formula is C30H36BrN3O5S. The Hall–Kier alpha value is -3.37. The Balaban J connectivity index is 2.03. The van der Waals surface area contributed by atoms with Crippen LogP contribution in [0.1, 0.15) is 25.0 Å². The number of methoxy groups -OCH3 is 1. The summed E-state index contributed by atoms with van der Waals surface area (Å²) < 4.78 is 32.8. The Labute approximate surface area is 245 Å². The van der Waals surface area contributed by atoms with Gasteiger partial charge in [-0.2, -0.15) is 0 Å². The van der Waals surface area contributed by atoms with Gasteiger partial charge in [-0.3, -0.25) is 13.9 Å². The quantitative estimate of drug-likeness (QED) is 0.297. The van der Waals surface area contributed by atoms with Gasteiger partial charge in [0.15, 0.2) is 0 Å². The van der Waals surface area contributed by atoms with Crippen LogP contribution in [0.15, 0.2) is 83.3 Å². The molecule has 10 heteroatoms. The molecule has 40 heavy (non-hydrogen) atoms. The van der Waals surface area contributed by atoms with Crippen molar-refractivity contribution < 1.29 is 22.7 Å². The minimum Gasteiger partial charge on any atom is -0.497 e. The monoisotopic (exact) mass is 629 g/mol. The first-order valence-corrected chi connectivity index (χ1v) is 15.6. The van der Waals surface area contributed by atoms with Crippen molar-refractivity contribution in [1.82, 2.24) is 10.2 Å². The number of anilines is 1. The largest absolute Gasteiger partial charge is 0.497 e. The van der Waals surface area contributed by atoms with Gasteiger partial charge in [-0.05, 0) is 53.4 Å². The van der Waals surface area contributed by atoms with Gasteiger partial charge in [0.2, 0.25) is 21.8 Å². The van der Waals surface area contributed by atoms with E-state index in [4.69, 9.17) is 4.74 Å². The summed E-state index contributed by atoms with van der Waals surface area (Å²) in [4.78, 5) is 29.1. The minimum atomic E-state index is -3.83. The van der Waals surface area contributed by atoms with E-state index in [1.165, 1.54) is 12.0 Å². The molecule has 0 fully saturated rings. The van der Waals surface area contributed by atoms with Gasteiger partial charge in [-0.15, -0.1) is 0 Å². The summed E-state index contributed by atoms with van der Waals surface area (Å²) in [6.07, 6.45) is 1.33. The van der Waals surface area contributed by atoms with Crippen molar-refractivity contribution in [3.05, 3.63) is 94.5 Å². The zero-order valence-electron chi connectivity index (χ0n) is 23.2. The Morgan fingerprint density at radius 3 is 2.10 bits per heavy atom. The van der Waals surface area contributed by atoms with Crippen LogP contribution in [0.4, 0.5) is 5.69 Å². The van der Waals surface area contributed by atoms with Crippen molar-refractivity contribution in [1.29, 1.82) is 0 Å². The summed E-state index contributed by atoms with van der Waals surface area (Å²) in [6, 6.07) is 22.5. The van der Waals surface area contributed by atoms with Gasteiger partial charge in [-0.25, -0.2) is 8.42 Å². The number of ether oxygens (including phenoxy) is 1. The molecule has 0 heterocycles. The van der Waals surface area contributed by atoms with Crippen LogP contribution in [-0.2, 0) is 32.6 Å². The summed E-state index contributed by atoms with van der Waals surface area (Å²) in [6.45, 7) is 4.10. The van der Waals surface area contributed by atoms with E-state index in [9.17, 15) is 18.0 Å². The van der Waals surface area contributed by atoms with Crippen molar-refractivity contribution in [2.45, 2.75) is 32.9 Å². The zero-order chi connectivity index (χ0) is 29.3. The molecular weight excluding hydrogens is 594 g/mol. The average Bonchev–Trinajstić information content (AvgIpc) is 2.93. The normalized spacial score (nSPS) is 12.1. The first-order valence-electron chi connectivity index (χ1n) is 12.9. The number of carbonyl (C=O) groups is 2. The fourth-order valence-corrected chi connectivity index (χ4v) is 5.24. The van der Waals surface area contributed by atoms with Gasteiger partial charge in [0, 0.05) is 24.0 Å². The van der Waals surface area contributed by atoms with E-state index in [0.717, 1.165) is 26.2 Å². The second kappa shape index (κ2) is 14.3. The van der Waals surface area contributed by atoms with E-state index >= 15 is 0 Å². The predicted octanol–water partition coefficient (Wildman–Crippen LogP) is 4.64. The van der Waals surface area contributed by atoms with Crippen LogP contribution < -0.4 is 14.4 Å². The second-order valence-electron chi connectivity index (χ2n) is 9.96. The number of nitrogens with zero attached hydrogens (tertiary/aromatic N) is 2. The minimum absolute atomic E-state index is 0.124. The molecule has 0 bridgehead atoms. The van der Waals surface area contributed by atoms with Gasteiger partial charge in [0.1, 0.15) is 18.3 Å². The van der Waals surface area contributed by atoms with Crippen molar-refractivity contribution in [3.8, 4) is 5.75 Å². The van der Waals surface area contributed by atoms with E-state index in [0.29, 0.717) is 18.0 Å². The van der Waals surface area contributed by atoms with Gasteiger partial charge in [0.05, 0.1) is 19.1 Å². The molecule has 8 nitrogen and oxygen atoms in total. The van der Waals surface area contributed by atoms with Crippen LogP contribution >= 0.6 is 15.9 Å². The zero-order valence-corrected chi connectivity index (χ0v) is 25.6. The van der Waals surface area contributed by atoms with E-state index in [2.05, 4.69) is 21.2 Å². The highest BCUT2D eigenvalue weighted by molar-refractivity contribution is 9.10. The molecule has 0 spiro atoms. The molecule has 3 aromatic carbocycles. The van der Waals surface area contributed by atoms with Crippen molar-refractivity contribution in [3.63, 3.8) is 0 Å². The molecule has 0 aliphatic heterocycles. The third-order valence-electron chi connectivity index (χ3n) is 6.26. The number of rotatable bonds is 13. The third kappa shape index (κ3) is 9.09. The number of carbonyl (C=O) groups excluding carboxylic acids is 2. The maximum atomic E-state index is 14.0. The third-order valence-corrected chi connectivity index (χ3v) is 7.93. The Morgan fingerprint density at radius 2 is 1.55 bits per heavy atom. The van der Waals surface area contributed by atoms with Gasteiger partial charge in [0.25, 0.3) is 0 Å². The highest BCUT2D eigenvalue weighted by Gasteiger charge is 2.33. The molecule has 2 amide bonds. The molecule has 0 aliphatic rings. The highest BCUT2D eigenvalue weighted by atomic mass is 79.9. The van der Waals surface area contributed by atoms with E-state index < -0.39 is 28.5 Å². The van der Waals surface area contributed by atoms with E-state index in [1.54, 1.807) is 24.3 Å². The summed E-state index contributed by atoms with van der Waals surface area (Å²) in [5.74, 6) is -0.0129. The number of nitrogens with one attached hydrogen (secondary N) is 1. The molecule has 0 saturated heterocycles. The lowest BCUT2D eigenvalue weighted by Gasteiger charge is -2.33.